The normalized spacial score (nSPS) is 15.6. The summed E-state index contributed by atoms with van der Waals surface area (Å²) in [6.45, 7) is 0. The maximum atomic E-state index is 9.75. The average Bonchev–Trinajstić information content (AvgIpc) is 3.12. The van der Waals surface area contributed by atoms with E-state index in [0.717, 1.165) is 11.1 Å². The van der Waals surface area contributed by atoms with Crippen LogP contribution in [0.5, 0.6) is 11.6 Å². The summed E-state index contributed by atoms with van der Waals surface area (Å²) < 4.78 is 10.9. The Morgan fingerprint density at radius 3 is 2.75 bits per heavy atom. The Morgan fingerprint density at radius 2 is 2.04 bits per heavy atom. The lowest BCUT2D eigenvalue weighted by molar-refractivity contribution is 0.379. The third-order valence-corrected chi connectivity index (χ3v) is 5.31. The molecule has 1 aliphatic heterocycles. The lowest BCUT2D eigenvalue weighted by Gasteiger charge is -2.24. The minimum atomic E-state index is -0.511. The number of hydrogen-bond donors (Lipinski definition) is 2. The highest BCUT2D eigenvalue weighted by Gasteiger charge is 2.35. The molecule has 0 spiro atoms. The summed E-state index contributed by atoms with van der Waals surface area (Å²) in [6, 6.07) is 14.9. The van der Waals surface area contributed by atoms with Gasteiger partial charge < -0.3 is 15.2 Å². The number of H-pyrrole nitrogens is 1. The second-order valence-corrected chi connectivity index (χ2v) is 6.96. The number of aromatic nitrogens is 2. The van der Waals surface area contributed by atoms with Gasteiger partial charge in [-0.3, -0.25) is 5.10 Å². The molecule has 0 aliphatic carbocycles. The number of rotatable bonds is 3. The molecule has 0 saturated heterocycles. The smallest absolute Gasteiger partial charge is 0.244 e. The van der Waals surface area contributed by atoms with Crippen molar-refractivity contribution in [3.8, 4) is 29.0 Å². The lowest BCUT2D eigenvalue weighted by atomic mass is 9.83. The van der Waals surface area contributed by atoms with E-state index in [9.17, 15) is 5.26 Å². The Balaban J connectivity index is 1.95. The third-order valence-electron chi connectivity index (χ3n) is 4.57. The average molecular weight is 413 g/mol. The number of allylic oxidation sites excluding steroid dienone is 1. The van der Waals surface area contributed by atoms with Crippen LogP contribution in [0.2, 0.25) is 10.0 Å². The lowest BCUT2D eigenvalue weighted by Crippen LogP contribution is -2.21. The van der Waals surface area contributed by atoms with Crippen molar-refractivity contribution in [1.29, 1.82) is 5.26 Å². The van der Waals surface area contributed by atoms with E-state index in [1.54, 1.807) is 25.3 Å². The van der Waals surface area contributed by atoms with Crippen LogP contribution in [-0.2, 0) is 0 Å². The second kappa shape index (κ2) is 7.12. The topological polar surface area (TPSA) is 97.0 Å². The van der Waals surface area contributed by atoms with E-state index in [2.05, 4.69) is 16.3 Å². The molecule has 3 aromatic rings. The number of nitriles is 1. The molecular weight excluding hydrogens is 399 g/mol. The number of ether oxygens (including phenoxy) is 2. The highest BCUT2D eigenvalue weighted by atomic mass is 35.5. The molecule has 1 aromatic heterocycles. The first-order valence-electron chi connectivity index (χ1n) is 8.28. The minimum Gasteiger partial charge on any atom is -0.497 e. The van der Waals surface area contributed by atoms with E-state index < -0.39 is 5.92 Å². The molecule has 28 heavy (non-hydrogen) atoms. The fourth-order valence-electron chi connectivity index (χ4n) is 3.27. The zero-order valence-electron chi connectivity index (χ0n) is 14.7. The molecule has 2 aromatic carbocycles. The molecule has 0 radical (unpaired) electrons. The molecule has 140 valence electrons. The number of nitrogens with one attached hydrogen (secondary N) is 1. The van der Waals surface area contributed by atoms with E-state index >= 15 is 0 Å². The van der Waals surface area contributed by atoms with Gasteiger partial charge in [-0.15, -0.1) is 5.10 Å². The fraction of sp³-hybridized carbons (Fsp3) is 0.100. The van der Waals surface area contributed by atoms with Crippen LogP contribution in [-0.4, -0.2) is 17.3 Å². The number of methoxy groups -OCH3 is 1. The Kier molecular flexibility index (Phi) is 4.63. The van der Waals surface area contributed by atoms with Crippen LogP contribution in [0, 0.1) is 11.3 Å². The van der Waals surface area contributed by atoms with Gasteiger partial charge in [-0.05, 0) is 29.8 Å². The van der Waals surface area contributed by atoms with Crippen LogP contribution in [0.4, 0.5) is 0 Å². The Bertz CT molecular complexity index is 1150. The highest BCUT2D eigenvalue weighted by Crippen LogP contribution is 2.46. The third kappa shape index (κ3) is 2.95. The number of nitrogens with two attached hydrogens (primary N) is 1. The molecule has 6 nitrogen and oxygen atoms in total. The van der Waals surface area contributed by atoms with Gasteiger partial charge >= 0.3 is 0 Å². The molecule has 1 atom stereocenters. The van der Waals surface area contributed by atoms with Gasteiger partial charge in [0.15, 0.2) is 0 Å². The standard InChI is InChI=1S/C20H14Cl2N4O2/c1-27-12-4-2-3-11(7-12)18-17-16(10-5-6-14(21)15(22)8-10)13(9-23)19(24)28-20(17)26-25-18/h2-8,16H,24H2,1H3,(H,25,26). The van der Waals surface area contributed by atoms with Crippen molar-refractivity contribution in [3.05, 3.63) is 75.1 Å². The summed E-state index contributed by atoms with van der Waals surface area (Å²) in [5, 5.41) is 17.8. The first kappa shape index (κ1) is 18.2. The van der Waals surface area contributed by atoms with Crippen molar-refractivity contribution < 1.29 is 9.47 Å². The van der Waals surface area contributed by atoms with Crippen molar-refractivity contribution in [2.45, 2.75) is 5.92 Å². The minimum absolute atomic E-state index is 0.00904. The molecule has 1 unspecified atom stereocenters. The summed E-state index contributed by atoms with van der Waals surface area (Å²) in [5.41, 5.74) is 9.25. The van der Waals surface area contributed by atoms with Crippen LogP contribution in [0.3, 0.4) is 0 Å². The van der Waals surface area contributed by atoms with Crippen LogP contribution in [0.25, 0.3) is 11.3 Å². The van der Waals surface area contributed by atoms with Crippen LogP contribution < -0.4 is 15.2 Å². The number of aromatic amines is 1. The molecule has 2 heterocycles. The van der Waals surface area contributed by atoms with Gasteiger partial charge in [-0.2, -0.15) is 5.26 Å². The number of fused-ring (bicyclic) bond motifs is 1. The Labute approximate surface area is 171 Å². The van der Waals surface area contributed by atoms with E-state index in [-0.39, 0.29) is 11.5 Å². The largest absolute Gasteiger partial charge is 0.497 e. The van der Waals surface area contributed by atoms with Crippen LogP contribution in [0.1, 0.15) is 17.0 Å². The van der Waals surface area contributed by atoms with E-state index in [0.29, 0.717) is 32.9 Å². The maximum absolute atomic E-state index is 9.75. The Morgan fingerprint density at radius 1 is 1.21 bits per heavy atom. The van der Waals surface area contributed by atoms with Crippen molar-refractivity contribution in [1.82, 2.24) is 10.2 Å². The zero-order valence-corrected chi connectivity index (χ0v) is 16.2. The molecule has 1 aliphatic rings. The molecule has 8 heteroatoms. The SMILES string of the molecule is COc1cccc(-c2[nH]nc3c2C(c2ccc(Cl)c(Cl)c2)C(C#N)=C(N)O3)c1. The van der Waals surface area contributed by atoms with E-state index in [4.69, 9.17) is 38.4 Å². The first-order chi connectivity index (χ1) is 13.5. The predicted octanol–water partition coefficient (Wildman–Crippen LogP) is 4.61. The van der Waals surface area contributed by atoms with Gasteiger partial charge in [0.1, 0.15) is 17.4 Å². The van der Waals surface area contributed by atoms with Crippen molar-refractivity contribution in [2.24, 2.45) is 5.73 Å². The number of benzene rings is 2. The molecule has 0 saturated carbocycles. The van der Waals surface area contributed by atoms with Crippen LogP contribution >= 0.6 is 23.2 Å². The van der Waals surface area contributed by atoms with Gasteiger partial charge in [-0.25, -0.2) is 0 Å². The molecule has 0 amide bonds. The van der Waals surface area contributed by atoms with Crippen molar-refractivity contribution >= 4 is 23.2 Å². The highest BCUT2D eigenvalue weighted by molar-refractivity contribution is 6.42. The van der Waals surface area contributed by atoms with Gasteiger partial charge in [-0.1, -0.05) is 41.4 Å². The van der Waals surface area contributed by atoms with Crippen molar-refractivity contribution in [3.63, 3.8) is 0 Å². The number of nitrogens with zero attached hydrogens (tertiary/aromatic N) is 2. The summed E-state index contributed by atoms with van der Waals surface area (Å²) in [6.07, 6.45) is 0. The maximum Gasteiger partial charge on any atom is 0.244 e. The summed E-state index contributed by atoms with van der Waals surface area (Å²) in [4.78, 5) is 0. The number of hydrogen-bond acceptors (Lipinski definition) is 5. The molecule has 4 rings (SSSR count). The van der Waals surface area contributed by atoms with E-state index in [1.165, 1.54) is 0 Å². The number of halogens is 2. The molecule has 3 N–H and O–H groups in total. The summed E-state index contributed by atoms with van der Waals surface area (Å²) >= 11 is 12.3. The molecular formula is C20H14Cl2N4O2. The molecule has 0 bridgehead atoms. The van der Waals surface area contributed by atoms with E-state index in [1.807, 2.05) is 24.3 Å². The van der Waals surface area contributed by atoms with Crippen molar-refractivity contribution in [2.75, 3.05) is 7.11 Å². The van der Waals surface area contributed by atoms with Gasteiger partial charge in [0.05, 0.1) is 34.3 Å². The zero-order chi connectivity index (χ0) is 19.8. The van der Waals surface area contributed by atoms with Gasteiger partial charge in [0.2, 0.25) is 11.8 Å². The Hall–Kier alpha value is -3.14. The summed E-state index contributed by atoms with van der Waals surface area (Å²) in [5.74, 6) is 0.503. The van der Waals surface area contributed by atoms with Crippen LogP contribution in [0.15, 0.2) is 53.9 Å². The van der Waals surface area contributed by atoms with Gasteiger partial charge in [0.25, 0.3) is 0 Å². The monoisotopic (exact) mass is 412 g/mol. The fourth-order valence-corrected chi connectivity index (χ4v) is 3.58. The molecule has 0 fully saturated rings. The first-order valence-corrected chi connectivity index (χ1v) is 9.04. The quantitative estimate of drug-likeness (QED) is 0.654. The summed E-state index contributed by atoms with van der Waals surface area (Å²) in [7, 11) is 1.60. The van der Waals surface area contributed by atoms with Gasteiger partial charge in [0, 0.05) is 5.56 Å². The predicted molar refractivity (Wildman–Crippen MR) is 106 cm³/mol. The second-order valence-electron chi connectivity index (χ2n) is 6.15.